The first-order chi connectivity index (χ1) is 9.84. The third-order valence-corrected chi connectivity index (χ3v) is 3.65. The largest absolute Gasteiger partial charge is 0.479 e. The number of amides is 2. The quantitative estimate of drug-likeness (QED) is 0.766. The van der Waals surface area contributed by atoms with E-state index in [1.165, 1.54) is 0 Å². The highest BCUT2D eigenvalue weighted by atomic mass is 79.9. The number of hydrogen-bond acceptors (Lipinski definition) is 3. The molecule has 0 spiro atoms. The molecule has 6 nitrogen and oxygen atoms in total. The molecule has 1 aliphatic heterocycles. The van der Waals surface area contributed by atoms with Crippen molar-refractivity contribution >= 4 is 33.6 Å². The number of aliphatic carboxylic acids is 1. The van der Waals surface area contributed by atoms with Gasteiger partial charge in [0.05, 0.1) is 12.3 Å². The number of urea groups is 1. The highest BCUT2D eigenvalue weighted by molar-refractivity contribution is 9.10. The van der Waals surface area contributed by atoms with E-state index in [-0.39, 0.29) is 29.8 Å². The first kappa shape index (κ1) is 15.6. The molecule has 1 saturated heterocycles. The van der Waals surface area contributed by atoms with Crippen molar-refractivity contribution in [2.45, 2.75) is 12.0 Å². The van der Waals surface area contributed by atoms with Gasteiger partial charge < -0.3 is 20.5 Å². The third-order valence-electron chi connectivity index (χ3n) is 3.03. The molecule has 1 aromatic rings. The highest BCUT2D eigenvalue weighted by Crippen LogP contribution is 2.27. The number of ether oxygens (including phenoxy) is 1. The van der Waals surface area contributed by atoms with Crippen molar-refractivity contribution in [3.63, 3.8) is 0 Å². The van der Waals surface area contributed by atoms with Crippen LogP contribution in [-0.4, -0.2) is 35.9 Å². The van der Waals surface area contributed by atoms with Gasteiger partial charge >= 0.3 is 12.0 Å². The van der Waals surface area contributed by atoms with Crippen LogP contribution in [0.15, 0.2) is 16.6 Å². The zero-order valence-corrected chi connectivity index (χ0v) is 12.2. The van der Waals surface area contributed by atoms with E-state index in [4.69, 9.17) is 9.84 Å². The predicted octanol–water partition coefficient (Wildman–Crippen LogP) is 2.09. The molecule has 114 valence electrons. The van der Waals surface area contributed by atoms with E-state index in [1.54, 1.807) is 0 Å². The minimum atomic E-state index is -1.55. The number of carboxylic acid groups (broad SMARTS) is 1. The molecule has 0 radical (unpaired) electrons. The number of anilines is 1. The molecule has 1 fully saturated rings. The van der Waals surface area contributed by atoms with Crippen molar-refractivity contribution in [1.82, 2.24) is 5.32 Å². The number of rotatable bonds is 3. The Kier molecular flexibility index (Phi) is 4.43. The van der Waals surface area contributed by atoms with Gasteiger partial charge in [0.25, 0.3) is 0 Å². The molecule has 1 aromatic carbocycles. The van der Waals surface area contributed by atoms with Crippen molar-refractivity contribution in [2.75, 3.05) is 18.5 Å². The zero-order chi connectivity index (χ0) is 15.6. The molecule has 1 atom stereocenters. The van der Waals surface area contributed by atoms with Crippen molar-refractivity contribution in [1.29, 1.82) is 0 Å². The van der Waals surface area contributed by atoms with Crippen LogP contribution >= 0.6 is 15.9 Å². The maximum Gasteiger partial charge on any atom is 0.332 e. The van der Waals surface area contributed by atoms with E-state index in [0.717, 1.165) is 6.07 Å². The van der Waals surface area contributed by atoms with E-state index in [1.807, 2.05) is 0 Å². The maximum atomic E-state index is 13.6. The second kappa shape index (κ2) is 5.94. The Morgan fingerprint density at radius 1 is 1.38 bits per heavy atom. The van der Waals surface area contributed by atoms with E-state index in [2.05, 4.69) is 26.6 Å². The topological polar surface area (TPSA) is 87.7 Å². The summed E-state index contributed by atoms with van der Waals surface area (Å²) in [7, 11) is 0. The van der Waals surface area contributed by atoms with E-state index < -0.39 is 29.2 Å². The molecule has 1 heterocycles. The molecule has 9 heteroatoms. The van der Waals surface area contributed by atoms with Crippen LogP contribution in [-0.2, 0) is 9.53 Å². The number of nitrogens with one attached hydrogen (secondary N) is 2. The summed E-state index contributed by atoms with van der Waals surface area (Å²) in [5.74, 6) is -3.03. The standard InChI is InChI=1S/C12H11BrF2N2O4/c13-7-3-6(14)4-8(15)9(7)16-11(20)17-12(10(18)19)1-2-21-5-12/h3-4H,1-2,5H2,(H,18,19)(H2,16,17,20). The van der Waals surface area contributed by atoms with Crippen LogP contribution in [0.2, 0.25) is 0 Å². The molecular weight excluding hydrogens is 354 g/mol. The van der Waals surface area contributed by atoms with Crippen LogP contribution in [0.1, 0.15) is 6.42 Å². The van der Waals surface area contributed by atoms with Gasteiger partial charge in [0.15, 0.2) is 11.4 Å². The molecule has 2 rings (SSSR count). The first-order valence-corrected chi connectivity index (χ1v) is 6.68. The van der Waals surface area contributed by atoms with Gasteiger partial charge in [-0.3, -0.25) is 0 Å². The van der Waals surface area contributed by atoms with E-state index >= 15 is 0 Å². The average molecular weight is 365 g/mol. The molecule has 1 unspecified atom stereocenters. The molecular formula is C12H11BrF2N2O4. The fourth-order valence-corrected chi connectivity index (χ4v) is 2.42. The number of benzene rings is 1. The molecule has 21 heavy (non-hydrogen) atoms. The summed E-state index contributed by atoms with van der Waals surface area (Å²) in [6.45, 7) is 0.0179. The molecule has 0 aromatic heterocycles. The minimum Gasteiger partial charge on any atom is -0.479 e. The number of carboxylic acids is 1. The molecule has 0 aliphatic carbocycles. The SMILES string of the molecule is O=C(Nc1c(F)cc(F)cc1Br)NC1(C(=O)O)CCOC1. The zero-order valence-electron chi connectivity index (χ0n) is 10.6. The number of hydrogen-bond donors (Lipinski definition) is 3. The number of halogens is 3. The van der Waals surface area contributed by atoms with Crippen molar-refractivity contribution in [3.05, 3.63) is 28.2 Å². The minimum absolute atomic E-state index is 0.00203. The van der Waals surface area contributed by atoms with Gasteiger partial charge in [0.1, 0.15) is 5.82 Å². The molecule has 1 aliphatic rings. The molecule has 2 amide bonds. The van der Waals surface area contributed by atoms with Crippen molar-refractivity contribution < 1.29 is 28.2 Å². The summed E-state index contributed by atoms with van der Waals surface area (Å²) < 4.78 is 31.5. The second-order valence-corrected chi connectivity index (χ2v) is 5.37. The second-order valence-electron chi connectivity index (χ2n) is 4.51. The van der Waals surface area contributed by atoms with Crippen LogP contribution in [0.25, 0.3) is 0 Å². The lowest BCUT2D eigenvalue weighted by Crippen LogP contribution is -2.56. The van der Waals surface area contributed by atoms with Crippen LogP contribution < -0.4 is 10.6 Å². The van der Waals surface area contributed by atoms with Gasteiger partial charge in [0, 0.05) is 23.6 Å². The highest BCUT2D eigenvalue weighted by Gasteiger charge is 2.44. The lowest BCUT2D eigenvalue weighted by atomic mass is 9.99. The Hall–Kier alpha value is -1.74. The van der Waals surface area contributed by atoms with E-state index in [9.17, 15) is 18.4 Å². The van der Waals surface area contributed by atoms with E-state index in [0.29, 0.717) is 6.07 Å². The van der Waals surface area contributed by atoms with Crippen LogP contribution in [0.4, 0.5) is 19.3 Å². The van der Waals surface area contributed by atoms with Gasteiger partial charge in [0.2, 0.25) is 0 Å². The molecule has 0 saturated carbocycles. The average Bonchev–Trinajstić information content (AvgIpc) is 2.83. The van der Waals surface area contributed by atoms with Crippen LogP contribution in [0.3, 0.4) is 0 Å². The van der Waals surface area contributed by atoms with Crippen LogP contribution in [0.5, 0.6) is 0 Å². The summed E-state index contributed by atoms with van der Waals surface area (Å²) in [6.07, 6.45) is 0.100. The van der Waals surface area contributed by atoms with Crippen LogP contribution in [0, 0.1) is 11.6 Å². The predicted molar refractivity (Wildman–Crippen MR) is 72.0 cm³/mol. The summed E-state index contributed by atoms with van der Waals surface area (Å²) in [5.41, 5.74) is -1.83. The Bertz CT molecular complexity index is 568. The Labute approximate surface area is 126 Å². The van der Waals surface area contributed by atoms with Gasteiger partial charge in [-0.25, -0.2) is 18.4 Å². The third kappa shape index (κ3) is 3.30. The van der Waals surface area contributed by atoms with Crippen molar-refractivity contribution in [2.24, 2.45) is 0 Å². The van der Waals surface area contributed by atoms with Gasteiger partial charge in [-0.2, -0.15) is 0 Å². The molecule has 0 bridgehead atoms. The maximum absolute atomic E-state index is 13.6. The number of carbonyl (C=O) groups excluding carboxylic acids is 1. The number of carbonyl (C=O) groups is 2. The Morgan fingerprint density at radius 2 is 2.10 bits per heavy atom. The van der Waals surface area contributed by atoms with Crippen molar-refractivity contribution in [3.8, 4) is 0 Å². The lowest BCUT2D eigenvalue weighted by molar-refractivity contribution is -0.144. The van der Waals surface area contributed by atoms with Gasteiger partial charge in [-0.05, 0) is 22.0 Å². The summed E-state index contributed by atoms with van der Waals surface area (Å²) in [6, 6.07) is 0.658. The summed E-state index contributed by atoms with van der Waals surface area (Å²) in [5, 5.41) is 13.6. The lowest BCUT2D eigenvalue weighted by Gasteiger charge is -2.24. The van der Waals surface area contributed by atoms with Gasteiger partial charge in [-0.1, -0.05) is 0 Å². The first-order valence-electron chi connectivity index (χ1n) is 5.89. The molecule has 3 N–H and O–H groups in total. The fourth-order valence-electron chi connectivity index (χ4n) is 1.91. The normalized spacial score (nSPS) is 21.1. The monoisotopic (exact) mass is 364 g/mol. The summed E-state index contributed by atoms with van der Waals surface area (Å²) >= 11 is 2.92. The van der Waals surface area contributed by atoms with Gasteiger partial charge in [-0.15, -0.1) is 0 Å². The Balaban J connectivity index is 2.14. The Morgan fingerprint density at radius 3 is 2.62 bits per heavy atom. The fraction of sp³-hybridized carbons (Fsp3) is 0.333. The smallest absolute Gasteiger partial charge is 0.332 e. The summed E-state index contributed by atoms with van der Waals surface area (Å²) in [4.78, 5) is 23.1.